The Balaban J connectivity index is 2.37. The van der Waals surface area contributed by atoms with Crippen LogP contribution in [0.5, 0.6) is 11.5 Å². The molecule has 0 bridgehead atoms. The fourth-order valence-electron chi connectivity index (χ4n) is 1.98. The Morgan fingerprint density at radius 3 is 2.12 bits per heavy atom. The predicted molar refractivity (Wildman–Crippen MR) is 93.7 cm³/mol. The van der Waals surface area contributed by atoms with Gasteiger partial charge in [-0.3, -0.25) is 9.59 Å². The fourth-order valence-corrected chi connectivity index (χ4v) is 1.98. The van der Waals surface area contributed by atoms with Crippen LogP contribution in [0.4, 0.5) is 0 Å². The standard InChI is InChI=1S/C19H28O6/c1-13(11-17(20)25-19(3,4)5)18(21)23-12-14(2)24-16-9-7-15(22-6)8-10-16/h7-10,13-14H,11-12H2,1-6H3/t13-,14+/m1/s1. The maximum atomic E-state index is 12.0. The average Bonchev–Trinajstić information content (AvgIpc) is 2.51. The van der Waals surface area contributed by atoms with Crippen LogP contribution in [0.2, 0.25) is 0 Å². The SMILES string of the molecule is COc1ccc(O[C@@H](C)COC(=O)[C@H](C)CC(=O)OC(C)(C)C)cc1. The summed E-state index contributed by atoms with van der Waals surface area (Å²) in [5.41, 5.74) is -0.568. The maximum absolute atomic E-state index is 12.0. The Labute approximate surface area is 149 Å². The summed E-state index contributed by atoms with van der Waals surface area (Å²) >= 11 is 0. The number of benzene rings is 1. The van der Waals surface area contributed by atoms with Crippen LogP contribution in [-0.4, -0.2) is 37.4 Å². The second-order valence-electron chi connectivity index (χ2n) is 6.93. The van der Waals surface area contributed by atoms with E-state index in [1.807, 2.05) is 0 Å². The minimum absolute atomic E-state index is 0.0101. The molecule has 0 amide bonds. The molecular formula is C19H28O6. The van der Waals surface area contributed by atoms with Gasteiger partial charge in [0.2, 0.25) is 0 Å². The van der Waals surface area contributed by atoms with Gasteiger partial charge in [0, 0.05) is 0 Å². The number of carbonyl (C=O) groups excluding carboxylic acids is 2. The van der Waals surface area contributed by atoms with Crippen LogP contribution in [-0.2, 0) is 19.1 Å². The summed E-state index contributed by atoms with van der Waals surface area (Å²) in [5, 5.41) is 0. The lowest BCUT2D eigenvalue weighted by Crippen LogP contribution is -2.28. The molecule has 1 aromatic carbocycles. The lowest BCUT2D eigenvalue weighted by atomic mass is 10.1. The van der Waals surface area contributed by atoms with Crippen molar-refractivity contribution in [1.82, 2.24) is 0 Å². The number of ether oxygens (including phenoxy) is 4. The number of hydrogen-bond acceptors (Lipinski definition) is 6. The molecular weight excluding hydrogens is 324 g/mol. The number of carbonyl (C=O) groups is 2. The van der Waals surface area contributed by atoms with Gasteiger partial charge in [-0.2, -0.15) is 0 Å². The Morgan fingerprint density at radius 2 is 1.60 bits per heavy atom. The van der Waals surface area contributed by atoms with Crippen molar-refractivity contribution in [2.75, 3.05) is 13.7 Å². The van der Waals surface area contributed by atoms with Crippen LogP contribution >= 0.6 is 0 Å². The Morgan fingerprint density at radius 1 is 1.04 bits per heavy atom. The van der Waals surface area contributed by atoms with Crippen LogP contribution in [0.1, 0.15) is 41.0 Å². The lowest BCUT2D eigenvalue weighted by Gasteiger charge is -2.21. The van der Waals surface area contributed by atoms with E-state index in [4.69, 9.17) is 18.9 Å². The maximum Gasteiger partial charge on any atom is 0.309 e. The van der Waals surface area contributed by atoms with Gasteiger partial charge in [0.25, 0.3) is 0 Å². The first-order valence-electron chi connectivity index (χ1n) is 8.30. The molecule has 0 saturated carbocycles. The molecule has 1 aromatic rings. The molecule has 25 heavy (non-hydrogen) atoms. The smallest absolute Gasteiger partial charge is 0.309 e. The zero-order chi connectivity index (χ0) is 19.0. The van der Waals surface area contributed by atoms with E-state index >= 15 is 0 Å². The van der Waals surface area contributed by atoms with E-state index in [1.54, 1.807) is 66.0 Å². The van der Waals surface area contributed by atoms with Gasteiger partial charge in [-0.1, -0.05) is 6.92 Å². The van der Waals surface area contributed by atoms with Gasteiger partial charge >= 0.3 is 11.9 Å². The van der Waals surface area contributed by atoms with Crippen LogP contribution in [0.3, 0.4) is 0 Å². The molecule has 6 heteroatoms. The lowest BCUT2D eigenvalue weighted by molar-refractivity contribution is -0.161. The minimum Gasteiger partial charge on any atom is -0.497 e. The molecule has 0 saturated heterocycles. The third-order valence-electron chi connectivity index (χ3n) is 3.15. The van der Waals surface area contributed by atoms with Crippen molar-refractivity contribution in [3.63, 3.8) is 0 Å². The third kappa shape index (κ3) is 8.42. The Kier molecular flexibility index (Phi) is 7.74. The van der Waals surface area contributed by atoms with Gasteiger partial charge in [0.1, 0.15) is 29.8 Å². The highest BCUT2D eigenvalue weighted by molar-refractivity contribution is 5.79. The van der Waals surface area contributed by atoms with Gasteiger partial charge in [0.05, 0.1) is 19.4 Å². The second kappa shape index (κ2) is 9.30. The predicted octanol–water partition coefficient (Wildman–Crippen LogP) is 3.37. The summed E-state index contributed by atoms with van der Waals surface area (Å²) in [7, 11) is 1.59. The van der Waals surface area contributed by atoms with Crippen LogP contribution in [0.25, 0.3) is 0 Å². The first-order chi connectivity index (χ1) is 11.6. The molecule has 0 radical (unpaired) electrons. The number of methoxy groups -OCH3 is 1. The Bertz CT molecular complexity index is 558. The third-order valence-corrected chi connectivity index (χ3v) is 3.15. The molecule has 1 rings (SSSR count). The van der Waals surface area contributed by atoms with Crippen molar-refractivity contribution in [2.45, 2.75) is 52.7 Å². The molecule has 0 N–H and O–H groups in total. The van der Waals surface area contributed by atoms with Gasteiger partial charge in [-0.05, 0) is 52.0 Å². The normalized spacial score (nSPS) is 13.5. The summed E-state index contributed by atoms with van der Waals surface area (Å²) in [6.45, 7) is 8.89. The van der Waals surface area contributed by atoms with Crippen LogP contribution in [0, 0.1) is 5.92 Å². The van der Waals surface area contributed by atoms with Crippen LogP contribution < -0.4 is 9.47 Å². The molecule has 0 heterocycles. The summed E-state index contributed by atoms with van der Waals surface area (Å²) in [4.78, 5) is 23.7. The molecule has 0 aliphatic heterocycles. The summed E-state index contributed by atoms with van der Waals surface area (Å²) in [6, 6.07) is 7.14. The van der Waals surface area contributed by atoms with E-state index < -0.39 is 23.5 Å². The van der Waals surface area contributed by atoms with Crippen molar-refractivity contribution in [2.24, 2.45) is 5.92 Å². The Hall–Kier alpha value is -2.24. The highest BCUT2D eigenvalue weighted by Gasteiger charge is 2.23. The van der Waals surface area contributed by atoms with E-state index in [1.165, 1.54) is 0 Å². The molecule has 0 fully saturated rings. The van der Waals surface area contributed by atoms with Crippen molar-refractivity contribution in [3.05, 3.63) is 24.3 Å². The molecule has 2 atom stereocenters. The number of hydrogen-bond donors (Lipinski definition) is 0. The first kappa shape index (κ1) is 20.8. The van der Waals surface area contributed by atoms with Crippen molar-refractivity contribution >= 4 is 11.9 Å². The largest absolute Gasteiger partial charge is 0.497 e. The zero-order valence-corrected chi connectivity index (χ0v) is 15.8. The highest BCUT2D eigenvalue weighted by atomic mass is 16.6. The molecule has 0 spiro atoms. The van der Waals surface area contributed by atoms with Gasteiger partial charge < -0.3 is 18.9 Å². The average molecular weight is 352 g/mol. The number of esters is 2. The van der Waals surface area contributed by atoms with Gasteiger partial charge in [-0.25, -0.2) is 0 Å². The van der Waals surface area contributed by atoms with Gasteiger partial charge in [-0.15, -0.1) is 0 Å². The van der Waals surface area contributed by atoms with E-state index in [-0.39, 0.29) is 19.1 Å². The molecule has 0 unspecified atom stereocenters. The second-order valence-corrected chi connectivity index (χ2v) is 6.93. The van der Waals surface area contributed by atoms with E-state index in [2.05, 4.69) is 0 Å². The molecule has 0 aliphatic carbocycles. The molecule has 140 valence electrons. The summed E-state index contributed by atoms with van der Waals surface area (Å²) in [6.07, 6.45) is -0.324. The van der Waals surface area contributed by atoms with E-state index in [9.17, 15) is 9.59 Å². The van der Waals surface area contributed by atoms with E-state index in [0.717, 1.165) is 5.75 Å². The van der Waals surface area contributed by atoms with E-state index in [0.29, 0.717) is 5.75 Å². The van der Waals surface area contributed by atoms with Crippen molar-refractivity contribution < 1.29 is 28.5 Å². The topological polar surface area (TPSA) is 71.1 Å². The molecule has 0 aromatic heterocycles. The quantitative estimate of drug-likeness (QED) is 0.668. The fraction of sp³-hybridized carbons (Fsp3) is 0.579. The minimum atomic E-state index is -0.568. The number of rotatable bonds is 8. The first-order valence-corrected chi connectivity index (χ1v) is 8.30. The van der Waals surface area contributed by atoms with Crippen molar-refractivity contribution in [3.8, 4) is 11.5 Å². The summed E-state index contributed by atoms with van der Waals surface area (Å²) in [5.74, 6) is -0.0351. The molecule has 6 nitrogen and oxygen atoms in total. The van der Waals surface area contributed by atoms with Crippen LogP contribution in [0.15, 0.2) is 24.3 Å². The highest BCUT2D eigenvalue weighted by Crippen LogP contribution is 2.18. The summed E-state index contributed by atoms with van der Waals surface area (Å²) < 4.78 is 21.2. The molecule has 0 aliphatic rings. The van der Waals surface area contributed by atoms with Crippen molar-refractivity contribution in [1.29, 1.82) is 0 Å². The zero-order valence-electron chi connectivity index (χ0n) is 15.8. The monoisotopic (exact) mass is 352 g/mol. The van der Waals surface area contributed by atoms with Gasteiger partial charge in [0.15, 0.2) is 0 Å².